The van der Waals surface area contributed by atoms with Crippen LogP contribution in [-0.2, 0) is 26.1 Å². The first-order chi connectivity index (χ1) is 13.5. The summed E-state index contributed by atoms with van der Waals surface area (Å²) in [5, 5.41) is 11.5. The molecule has 0 aliphatic carbocycles. The maximum atomic E-state index is 11.2. The number of halogens is 3. The Hall–Kier alpha value is -1.70. The van der Waals surface area contributed by atoms with Gasteiger partial charge in [0.15, 0.2) is 0 Å². The molecule has 13 heteroatoms. The number of nitrogens with one attached hydrogen (secondary N) is 1. The molecular formula is C16H25F3N4O5S. The number of aliphatic carboxylic acids is 1. The number of carbonyl (C=O) groups is 1. The lowest BCUT2D eigenvalue weighted by Crippen LogP contribution is -2.46. The molecule has 1 atom stereocenters. The Balaban J connectivity index is 0.000000370. The molecule has 3 heterocycles. The summed E-state index contributed by atoms with van der Waals surface area (Å²) in [5.74, 6) is -2.76. The Bertz CT molecular complexity index is 778. The van der Waals surface area contributed by atoms with E-state index in [0.29, 0.717) is 12.6 Å². The molecule has 1 aromatic rings. The van der Waals surface area contributed by atoms with Gasteiger partial charge in [0, 0.05) is 45.1 Å². The van der Waals surface area contributed by atoms with Gasteiger partial charge in [0.2, 0.25) is 10.0 Å². The first-order valence-electron chi connectivity index (χ1n) is 9.06. The zero-order valence-corrected chi connectivity index (χ0v) is 16.7. The Labute approximate surface area is 166 Å². The number of rotatable bonds is 5. The Morgan fingerprint density at radius 2 is 2.00 bits per heavy atom. The van der Waals surface area contributed by atoms with E-state index in [4.69, 9.17) is 14.6 Å². The van der Waals surface area contributed by atoms with Gasteiger partial charge in [-0.25, -0.2) is 17.9 Å². The summed E-state index contributed by atoms with van der Waals surface area (Å²) in [6.07, 6.45) is 0.841. The van der Waals surface area contributed by atoms with Crippen LogP contribution in [0.4, 0.5) is 13.2 Å². The van der Waals surface area contributed by atoms with Gasteiger partial charge in [0.05, 0.1) is 18.0 Å². The summed E-state index contributed by atoms with van der Waals surface area (Å²) in [7, 11) is -3.13. The van der Waals surface area contributed by atoms with Crippen molar-refractivity contribution in [3.8, 4) is 0 Å². The lowest BCUT2D eigenvalue weighted by Gasteiger charge is -2.40. The lowest BCUT2D eigenvalue weighted by molar-refractivity contribution is -0.192. The van der Waals surface area contributed by atoms with Gasteiger partial charge >= 0.3 is 12.1 Å². The van der Waals surface area contributed by atoms with Gasteiger partial charge in [-0.05, 0) is 25.3 Å². The predicted octanol–water partition coefficient (Wildman–Crippen LogP) is 0.991. The van der Waals surface area contributed by atoms with Gasteiger partial charge in [-0.15, -0.1) is 0 Å². The van der Waals surface area contributed by atoms with Crippen LogP contribution < -0.4 is 4.72 Å². The molecule has 2 aliphatic heterocycles. The highest BCUT2D eigenvalue weighted by molar-refractivity contribution is 7.88. The number of nitrogens with zero attached hydrogens (tertiary/aromatic N) is 3. The molecule has 0 amide bonds. The number of ether oxygens (including phenoxy) is 1. The van der Waals surface area contributed by atoms with Crippen LogP contribution in [-0.4, -0.2) is 79.0 Å². The van der Waals surface area contributed by atoms with Crippen molar-refractivity contribution in [1.82, 2.24) is 19.4 Å². The molecular weight excluding hydrogens is 417 g/mol. The van der Waals surface area contributed by atoms with E-state index >= 15 is 0 Å². The molecule has 1 unspecified atom stereocenters. The molecule has 1 saturated heterocycles. The number of carboxylic acid groups (broad SMARTS) is 1. The molecule has 1 aromatic heterocycles. The van der Waals surface area contributed by atoms with Crippen LogP contribution in [0.25, 0.3) is 0 Å². The van der Waals surface area contributed by atoms with E-state index in [9.17, 15) is 21.6 Å². The van der Waals surface area contributed by atoms with Crippen LogP contribution in [0, 0.1) is 0 Å². The smallest absolute Gasteiger partial charge is 0.475 e. The number of aromatic nitrogens is 2. The van der Waals surface area contributed by atoms with Crippen LogP contribution in [0.3, 0.4) is 0 Å². The van der Waals surface area contributed by atoms with E-state index in [1.54, 1.807) is 0 Å². The average molecular weight is 442 g/mol. The molecule has 0 saturated carbocycles. The Morgan fingerprint density at radius 1 is 1.38 bits per heavy atom. The summed E-state index contributed by atoms with van der Waals surface area (Å²) in [6.45, 7) is 3.96. The fourth-order valence-electron chi connectivity index (χ4n) is 3.37. The SMILES string of the molecule is CS(=O)(=O)NCCC1CN(C2CCOCC2)Cc2ccnn21.O=C(O)C(F)(F)F. The van der Waals surface area contributed by atoms with Gasteiger partial charge < -0.3 is 9.84 Å². The van der Waals surface area contributed by atoms with E-state index in [2.05, 4.69) is 25.5 Å². The van der Waals surface area contributed by atoms with Crippen LogP contribution >= 0.6 is 0 Å². The lowest BCUT2D eigenvalue weighted by atomic mass is 10.0. The normalized spacial score (nSPS) is 21.2. The molecule has 0 radical (unpaired) electrons. The molecule has 2 aliphatic rings. The molecule has 9 nitrogen and oxygen atoms in total. The molecule has 0 aromatic carbocycles. The van der Waals surface area contributed by atoms with Crippen LogP contribution in [0.1, 0.15) is 31.0 Å². The van der Waals surface area contributed by atoms with E-state index < -0.39 is 22.2 Å². The van der Waals surface area contributed by atoms with E-state index in [1.165, 1.54) is 11.9 Å². The second-order valence-electron chi connectivity index (χ2n) is 6.95. The topological polar surface area (TPSA) is 114 Å². The summed E-state index contributed by atoms with van der Waals surface area (Å²) < 4.78 is 64.3. The molecule has 1 fully saturated rings. The molecule has 166 valence electrons. The van der Waals surface area contributed by atoms with Gasteiger partial charge in [0.1, 0.15) is 0 Å². The number of carboxylic acids is 1. The van der Waals surface area contributed by atoms with Crippen molar-refractivity contribution in [2.45, 2.75) is 44.1 Å². The Kier molecular flexibility index (Phi) is 8.02. The molecule has 29 heavy (non-hydrogen) atoms. The highest BCUT2D eigenvalue weighted by Gasteiger charge is 2.38. The minimum absolute atomic E-state index is 0.218. The van der Waals surface area contributed by atoms with Crippen molar-refractivity contribution < 1.29 is 36.2 Å². The fraction of sp³-hybridized carbons (Fsp3) is 0.750. The summed E-state index contributed by atoms with van der Waals surface area (Å²) >= 11 is 0. The van der Waals surface area contributed by atoms with Crippen LogP contribution in [0.5, 0.6) is 0 Å². The number of alkyl halides is 3. The van der Waals surface area contributed by atoms with E-state index in [1.807, 2.05) is 6.20 Å². The second-order valence-corrected chi connectivity index (χ2v) is 8.79. The van der Waals surface area contributed by atoms with Crippen molar-refractivity contribution in [2.24, 2.45) is 0 Å². The van der Waals surface area contributed by atoms with E-state index in [-0.39, 0.29) is 6.04 Å². The fourth-order valence-corrected chi connectivity index (χ4v) is 3.86. The van der Waals surface area contributed by atoms with Crippen molar-refractivity contribution in [2.75, 3.05) is 32.6 Å². The van der Waals surface area contributed by atoms with Gasteiger partial charge in [0.25, 0.3) is 0 Å². The maximum absolute atomic E-state index is 11.2. The van der Waals surface area contributed by atoms with Gasteiger partial charge in [-0.3, -0.25) is 9.58 Å². The zero-order valence-electron chi connectivity index (χ0n) is 15.9. The maximum Gasteiger partial charge on any atom is 0.490 e. The quantitative estimate of drug-likeness (QED) is 0.699. The number of hydrogen-bond acceptors (Lipinski definition) is 6. The number of fused-ring (bicyclic) bond motifs is 1. The predicted molar refractivity (Wildman–Crippen MR) is 96.7 cm³/mol. The highest BCUT2D eigenvalue weighted by Crippen LogP contribution is 2.27. The monoisotopic (exact) mass is 442 g/mol. The van der Waals surface area contributed by atoms with Gasteiger partial charge in [-0.1, -0.05) is 0 Å². The van der Waals surface area contributed by atoms with E-state index in [0.717, 1.165) is 45.6 Å². The van der Waals surface area contributed by atoms with Crippen LogP contribution in [0.2, 0.25) is 0 Å². The zero-order chi connectivity index (χ0) is 21.7. The largest absolute Gasteiger partial charge is 0.490 e. The average Bonchev–Trinajstić information content (AvgIpc) is 3.10. The van der Waals surface area contributed by atoms with Crippen molar-refractivity contribution >= 4 is 16.0 Å². The minimum atomic E-state index is -5.08. The number of hydrogen-bond donors (Lipinski definition) is 2. The third kappa shape index (κ3) is 7.57. The molecule has 3 rings (SSSR count). The summed E-state index contributed by atoms with van der Waals surface area (Å²) in [6, 6.07) is 2.83. The summed E-state index contributed by atoms with van der Waals surface area (Å²) in [4.78, 5) is 11.4. The highest BCUT2D eigenvalue weighted by atomic mass is 32.2. The third-order valence-corrected chi connectivity index (χ3v) is 5.43. The third-order valence-electron chi connectivity index (χ3n) is 4.70. The standard InChI is InChI=1S/C14H24N4O3S.C2HF3O2/c1-22(19,20)16-7-3-14-11-17(12-4-8-21-9-5-12)10-13-2-6-15-18(13)14;3-2(4,5)1(6)7/h2,6,12,14,16H,3-5,7-11H2,1H3;(H,6,7). The molecule has 2 N–H and O–H groups in total. The molecule has 0 spiro atoms. The van der Waals surface area contributed by atoms with Crippen molar-refractivity contribution in [3.05, 3.63) is 18.0 Å². The Morgan fingerprint density at radius 3 is 2.55 bits per heavy atom. The summed E-state index contributed by atoms with van der Waals surface area (Å²) in [5.41, 5.74) is 1.21. The number of sulfonamides is 1. The minimum Gasteiger partial charge on any atom is -0.475 e. The second kappa shape index (κ2) is 9.87. The van der Waals surface area contributed by atoms with Gasteiger partial charge in [-0.2, -0.15) is 18.3 Å². The van der Waals surface area contributed by atoms with Crippen LogP contribution in [0.15, 0.2) is 12.3 Å². The van der Waals surface area contributed by atoms with Crippen molar-refractivity contribution in [1.29, 1.82) is 0 Å². The van der Waals surface area contributed by atoms with Crippen molar-refractivity contribution in [3.63, 3.8) is 0 Å². The molecule has 0 bridgehead atoms. The first-order valence-corrected chi connectivity index (χ1v) is 11.0. The first kappa shape index (κ1) is 23.6.